The van der Waals surface area contributed by atoms with Crippen LogP contribution < -0.4 is 0 Å². The van der Waals surface area contributed by atoms with E-state index in [2.05, 4.69) is 12.6 Å². The first-order chi connectivity index (χ1) is 5.61. The van der Waals surface area contributed by atoms with Gasteiger partial charge in [0.2, 0.25) is 5.12 Å². The normalized spacial score (nSPS) is 12.5. The minimum absolute atomic E-state index is 0.147. The zero-order valence-corrected chi connectivity index (χ0v) is 7.72. The zero-order chi connectivity index (χ0) is 9.14. The van der Waals surface area contributed by atoms with Crippen molar-refractivity contribution in [1.82, 2.24) is 0 Å². The van der Waals surface area contributed by atoms with Gasteiger partial charge in [-0.15, -0.1) is 24.2 Å². The number of aromatic hydroxyl groups is 1. The molecule has 64 valence electrons. The first-order valence-electron chi connectivity index (χ1n) is 3.27. The van der Waals surface area contributed by atoms with Crippen molar-refractivity contribution in [3.8, 4) is 5.75 Å². The van der Waals surface area contributed by atoms with Crippen molar-refractivity contribution in [3.05, 3.63) is 29.8 Å². The summed E-state index contributed by atoms with van der Waals surface area (Å²) in [5.74, 6) is 0.147. The maximum Gasteiger partial charge on any atom is 0.208 e. The van der Waals surface area contributed by atoms with Crippen LogP contribution in [0.2, 0.25) is 0 Å². The number of phenolic OH excluding ortho intramolecular Hbond substituents is 1. The van der Waals surface area contributed by atoms with Gasteiger partial charge in [0, 0.05) is 0 Å². The Labute approximate surface area is 80.6 Å². The van der Waals surface area contributed by atoms with Gasteiger partial charge in [0.05, 0.1) is 0 Å². The molecule has 0 amide bonds. The lowest BCUT2D eigenvalue weighted by molar-refractivity contribution is -0.110. The summed E-state index contributed by atoms with van der Waals surface area (Å²) in [7, 11) is 0. The summed E-state index contributed by atoms with van der Waals surface area (Å²) in [4.78, 5) is 10.7. The maximum absolute atomic E-state index is 10.7. The number of benzene rings is 1. The second-order valence-electron chi connectivity index (χ2n) is 2.29. The summed E-state index contributed by atoms with van der Waals surface area (Å²) in [5, 5.41) is 7.79. The molecule has 4 heteroatoms. The van der Waals surface area contributed by atoms with Crippen LogP contribution >= 0.6 is 24.2 Å². The number of alkyl halides is 1. The molecule has 1 N–H and O–H groups in total. The quantitative estimate of drug-likeness (QED) is 0.570. The molecule has 0 bridgehead atoms. The third-order valence-corrected chi connectivity index (χ3v) is 2.26. The summed E-state index contributed by atoms with van der Waals surface area (Å²) in [5.41, 5.74) is 0.634. The molecule has 12 heavy (non-hydrogen) atoms. The van der Waals surface area contributed by atoms with Crippen molar-refractivity contribution in [2.24, 2.45) is 0 Å². The Morgan fingerprint density at radius 3 is 2.33 bits per heavy atom. The van der Waals surface area contributed by atoms with E-state index in [0.717, 1.165) is 0 Å². The first-order valence-corrected chi connectivity index (χ1v) is 4.15. The van der Waals surface area contributed by atoms with E-state index in [0.29, 0.717) is 5.56 Å². The molecule has 0 aromatic heterocycles. The minimum Gasteiger partial charge on any atom is -0.508 e. The van der Waals surface area contributed by atoms with E-state index < -0.39 is 10.5 Å². The number of carbonyl (C=O) groups excluding carboxylic acids is 1. The largest absolute Gasteiger partial charge is 0.508 e. The predicted molar refractivity (Wildman–Crippen MR) is 50.7 cm³/mol. The van der Waals surface area contributed by atoms with E-state index in [9.17, 15) is 4.79 Å². The van der Waals surface area contributed by atoms with Gasteiger partial charge < -0.3 is 5.11 Å². The summed E-state index contributed by atoms with van der Waals surface area (Å²) >= 11 is 9.28. The fourth-order valence-electron chi connectivity index (χ4n) is 0.786. The Bertz CT molecular complexity index is 284. The third kappa shape index (κ3) is 2.16. The van der Waals surface area contributed by atoms with Gasteiger partial charge >= 0.3 is 0 Å². The fraction of sp³-hybridized carbons (Fsp3) is 0.125. The molecule has 0 aliphatic rings. The summed E-state index contributed by atoms with van der Waals surface area (Å²) < 4.78 is 0. The molecule has 0 radical (unpaired) electrons. The molecule has 1 atom stereocenters. The molecule has 1 aromatic rings. The van der Waals surface area contributed by atoms with Crippen LogP contribution in [-0.2, 0) is 4.79 Å². The van der Waals surface area contributed by atoms with Gasteiger partial charge in [0.15, 0.2) is 0 Å². The third-order valence-electron chi connectivity index (χ3n) is 1.40. The van der Waals surface area contributed by atoms with Gasteiger partial charge in [-0.2, -0.15) is 0 Å². The van der Waals surface area contributed by atoms with E-state index in [1.807, 2.05) is 0 Å². The lowest BCUT2D eigenvalue weighted by atomic mass is 10.1. The molecule has 2 nitrogen and oxygen atoms in total. The van der Waals surface area contributed by atoms with Crippen LogP contribution in [0.15, 0.2) is 24.3 Å². The number of thiol groups is 1. The van der Waals surface area contributed by atoms with Gasteiger partial charge in [-0.05, 0) is 17.7 Å². The standard InChI is InChI=1S/C8H7ClO2S/c9-7(8(11)12)5-1-3-6(10)4-2-5/h1-4,7,10H,(H,11,12). The molecule has 0 saturated heterocycles. The molecular formula is C8H7ClO2S. The average molecular weight is 203 g/mol. The highest BCUT2D eigenvalue weighted by molar-refractivity contribution is 7.96. The molecule has 0 fully saturated rings. The Hall–Kier alpha value is -0.670. The SMILES string of the molecule is O=C(S)C(Cl)c1ccc(O)cc1. The predicted octanol–water partition coefficient (Wildman–Crippen LogP) is 2.13. The summed E-state index contributed by atoms with van der Waals surface area (Å²) in [6.07, 6.45) is 0. The number of hydrogen-bond donors (Lipinski definition) is 2. The number of halogens is 1. The Kier molecular flexibility index (Phi) is 3.00. The van der Waals surface area contributed by atoms with Crippen molar-refractivity contribution < 1.29 is 9.90 Å². The molecule has 0 heterocycles. The van der Waals surface area contributed by atoms with Crippen LogP contribution in [0.5, 0.6) is 5.75 Å². The van der Waals surface area contributed by atoms with Crippen LogP contribution in [-0.4, -0.2) is 10.2 Å². The van der Waals surface area contributed by atoms with Crippen molar-refractivity contribution in [2.45, 2.75) is 5.38 Å². The number of phenols is 1. The van der Waals surface area contributed by atoms with Crippen molar-refractivity contribution >= 4 is 29.3 Å². The van der Waals surface area contributed by atoms with Crippen LogP contribution in [0.25, 0.3) is 0 Å². The van der Waals surface area contributed by atoms with E-state index in [1.54, 1.807) is 12.1 Å². The lowest BCUT2D eigenvalue weighted by Crippen LogP contribution is -1.97. The smallest absolute Gasteiger partial charge is 0.208 e. The lowest BCUT2D eigenvalue weighted by Gasteiger charge is -2.03. The van der Waals surface area contributed by atoms with Gasteiger partial charge in [0.25, 0.3) is 0 Å². The van der Waals surface area contributed by atoms with Gasteiger partial charge in [-0.3, -0.25) is 4.79 Å². The highest BCUT2D eigenvalue weighted by Gasteiger charge is 2.12. The molecule has 1 rings (SSSR count). The second kappa shape index (κ2) is 3.83. The summed E-state index contributed by atoms with van der Waals surface area (Å²) in [6.45, 7) is 0. The highest BCUT2D eigenvalue weighted by Crippen LogP contribution is 2.24. The Morgan fingerprint density at radius 1 is 1.42 bits per heavy atom. The van der Waals surface area contributed by atoms with Crippen LogP contribution in [0.1, 0.15) is 10.9 Å². The molecule has 0 spiro atoms. The molecule has 1 aromatic carbocycles. The van der Waals surface area contributed by atoms with Crippen molar-refractivity contribution in [2.75, 3.05) is 0 Å². The van der Waals surface area contributed by atoms with E-state index in [-0.39, 0.29) is 5.75 Å². The monoisotopic (exact) mass is 202 g/mol. The molecule has 1 unspecified atom stereocenters. The Balaban J connectivity index is 2.89. The van der Waals surface area contributed by atoms with Crippen LogP contribution in [0.4, 0.5) is 0 Å². The summed E-state index contributed by atoms with van der Waals surface area (Å²) in [6, 6.07) is 6.12. The highest BCUT2D eigenvalue weighted by atomic mass is 35.5. The second-order valence-corrected chi connectivity index (χ2v) is 3.17. The van der Waals surface area contributed by atoms with Gasteiger partial charge in [-0.1, -0.05) is 12.1 Å². The van der Waals surface area contributed by atoms with Gasteiger partial charge in [-0.25, -0.2) is 0 Å². The number of rotatable bonds is 2. The van der Waals surface area contributed by atoms with E-state index in [1.165, 1.54) is 12.1 Å². The zero-order valence-electron chi connectivity index (χ0n) is 6.07. The Morgan fingerprint density at radius 2 is 1.92 bits per heavy atom. The van der Waals surface area contributed by atoms with E-state index in [4.69, 9.17) is 16.7 Å². The van der Waals surface area contributed by atoms with Gasteiger partial charge in [0.1, 0.15) is 11.1 Å². The number of hydrogen-bond acceptors (Lipinski definition) is 2. The molecule has 0 aliphatic carbocycles. The molecule has 0 aliphatic heterocycles. The maximum atomic E-state index is 10.7. The van der Waals surface area contributed by atoms with Crippen molar-refractivity contribution in [3.63, 3.8) is 0 Å². The van der Waals surface area contributed by atoms with Crippen LogP contribution in [0.3, 0.4) is 0 Å². The fourth-order valence-corrected chi connectivity index (χ4v) is 1.08. The van der Waals surface area contributed by atoms with Crippen LogP contribution in [0, 0.1) is 0 Å². The molecular weight excluding hydrogens is 196 g/mol. The molecule has 0 saturated carbocycles. The van der Waals surface area contributed by atoms with Crippen molar-refractivity contribution in [1.29, 1.82) is 0 Å². The topological polar surface area (TPSA) is 37.3 Å². The first kappa shape index (κ1) is 9.42. The minimum atomic E-state index is -0.742. The number of carbonyl (C=O) groups is 1. The van der Waals surface area contributed by atoms with E-state index >= 15 is 0 Å². The average Bonchev–Trinajstić information content (AvgIpc) is 2.04.